The summed E-state index contributed by atoms with van der Waals surface area (Å²) in [5, 5.41) is 0. The van der Waals surface area contributed by atoms with Crippen LogP contribution >= 0.6 is 0 Å². The minimum Gasteiger partial charge on any atom is -0.333 e. The van der Waals surface area contributed by atoms with Crippen molar-refractivity contribution in [2.45, 2.75) is 69.4 Å². The summed E-state index contributed by atoms with van der Waals surface area (Å²) in [6.45, 7) is 0.660. The number of nitrogens with zero attached hydrogens (tertiary/aromatic N) is 1. The summed E-state index contributed by atoms with van der Waals surface area (Å²) < 4.78 is 0. The van der Waals surface area contributed by atoms with E-state index in [1.807, 2.05) is 0 Å². The first-order chi connectivity index (χ1) is 9.20. The van der Waals surface area contributed by atoms with Crippen LogP contribution in [0.2, 0.25) is 0 Å². The lowest BCUT2D eigenvalue weighted by atomic mass is 9.52. The van der Waals surface area contributed by atoms with E-state index in [-0.39, 0.29) is 5.54 Å². The van der Waals surface area contributed by atoms with Crippen LogP contribution in [0.4, 0.5) is 0 Å². The summed E-state index contributed by atoms with van der Waals surface area (Å²) in [6, 6.07) is 0.331. The molecule has 5 rings (SSSR count). The maximum Gasteiger partial charge on any atom is 0.223 e. The predicted octanol–water partition coefficient (Wildman–Crippen LogP) is 2.29. The summed E-state index contributed by atoms with van der Waals surface area (Å²) >= 11 is 0. The van der Waals surface area contributed by atoms with Gasteiger partial charge in [0.25, 0.3) is 0 Å². The molecule has 1 unspecified atom stereocenters. The van der Waals surface area contributed by atoms with Crippen molar-refractivity contribution in [1.82, 2.24) is 4.90 Å². The molecule has 4 saturated carbocycles. The Hall–Kier alpha value is -0.570. The van der Waals surface area contributed by atoms with E-state index in [1.54, 1.807) is 0 Å². The summed E-state index contributed by atoms with van der Waals surface area (Å²) in [4.78, 5) is 14.9. The Morgan fingerprint density at radius 2 is 1.68 bits per heavy atom. The van der Waals surface area contributed by atoms with Gasteiger partial charge in [-0.3, -0.25) is 4.79 Å². The summed E-state index contributed by atoms with van der Waals surface area (Å²) in [5.41, 5.74) is 6.20. The number of carbonyl (C=O) groups excluding carboxylic acids is 1. The van der Waals surface area contributed by atoms with Gasteiger partial charge in [-0.1, -0.05) is 0 Å². The van der Waals surface area contributed by atoms with Crippen molar-refractivity contribution in [1.29, 1.82) is 0 Å². The van der Waals surface area contributed by atoms with E-state index in [4.69, 9.17) is 5.73 Å². The standard InChI is InChI=1S/C16H26N2O/c17-10-14-2-1-3-15(19)18(14)16-7-11-4-12(8-16)6-13(5-11)9-16/h11-14H,1-10,17H2. The molecule has 106 valence electrons. The molecule has 0 aromatic heterocycles. The quantitative estimate of drug-likeness (QED) is 0.830. The van der Waals surface area contributed by atoms with Gasteiger partial charge >= 0.3 is 0 Å². The second kappa shape index (κ2) is 4.21. The van der Waals surface area contributed by atoms with Gasteiger partial charge in [0.05, 0.1) is 0 Å². The van der Waals surface area contributed by atoms with E-state index in [0.717, 1.165) is 37.0 Å². The third kappa shape index (κ3) is 1.77. The number of hydrogen-bond acceptors (Lipinski definition) is 2. The topological polar surface area (TPSA) is 46.3 Å². The Balaban J connectivity index is 1.67. The van der Waals surface area contributed by atoms with Gasteiger partial charge in [-0.05, 0) is 69.1 Å². The van der Waals surface area contributed by atoms with Crippen molar-refractivity contribution in [3.63, 3.8) is 0 Å². The van der Waals surface area contributed by atoms with E-state index < -0.39 is 0 Å². The molecular weight excluding hydrogens is 236 g/mol. The molecule has 1 atom stereocenters. The fraction of sp³-hybridized carbons (Fsp3) is 0.938. The first-order valence-electron chi connectivity index (χ1n) is 8.22. The average Bonchev–Trinajstić information content (AvgIpc) is 2.36. The molecule has 2 N–H and O–H groups in total. The molecule has 0 aromatic carbocycles. The van der Waals surface area contributed by atoms with Gasteiger partial charge in [0.1, 0.15) is 0 Å². The molecule has 1 saturated heterocycles. The molecule has 0 spiro atoms. The third-order valence-corrected chi connectivity index (χ3v) is 6.35. The zero-order valence-corrected chi connectivity index (χ0v) is 11.8. The van der Waals surface area contributed by atoms with Gasteiger partial charge in [-0.15, -0.1) is 0 Å². The highest BCUT2D eigenvalue weighted by atomic mass is 16.2. The Morgan fingerprint density at radius 3 is 2.21 bits per heavy atom. The van der Waals surface area contributed by atoms with Gasteiger partial charge in [-0.2, -0.15) is 0 Å². The molecule has 1 heterocycles. The van der Waals surface area contributed by atoms with Gasteiger partial charge in [0.2, 0.25) is 5.91 Å². The minimum absolute atomic E-state index is 0.219. The number of amides is 1. The maximum absolute atomic E-state index is 12.5. The third-order valence-electron chi connectivity index (χ3n) is 6.35. The number of rotatable bonds is 2. The largest absolute Gasteiger partial charge is 0.333 e. The molecule has 3 heteroatoms. The fourth-order valence-corrected chi connectivity index (χ4v) is 6.18. The molecular formula is C16H26N2O. The summed E-state index contributed by atoms with van der Waals surface area (Å²) in [5.74, 6) is 3.11. The van der Waals surface area contributed by atoms with E-state index in [2.05, 4.69) is 4.90 Å². The summed E-state index contributed by atoms with van der Waals surface area (Å²) in [6.07, 6.45) is 11.1. The second-order valence-electron chi connectivity index (χ2n) is 7.69. The Labute approximate surface area is 115 Å². The molecule has 0 aromatic rings. The van der Waals surface area contributed by atoms with Crippen LogP contribution in [-0.4, -0.2) is 28.9 Å². The van der Waals surface area contributed by atoms with Crippen molar-refractivity contribution in [2.75, 3.05) is 6.54 Å². The monoisotopic (exact) mass is 262 g/mol. The number of likely N-dealkylation sites (tertiary alicyclic amines) is 1. The van der Waals surface area contributed by atoms with Crippen LogP contribution in [0.3, 0.4) is 0 Å². The molecule has 4 aliphatic carbocycles. The van der Waals surface area contributed by atoms with Gasteiger partial charge in [0.15, 0.2) is 0 Å². The van der Waals surface area contributed by atoms with Crippen LogP contribution in [0, 0.1) is 17.8 Å². The number of carbonyl (C=O) groups is 1. The molecule has 4 bridgehead atoms. The SMILES string of the molecule is NCC1CCCC(=O)N1C12CC3CC(CC(C3)C1)C2. The van der Waals surface area contributed by atoms with Crippen LogP contribution in [0.1, 0.15) is 57.8 Å². The van der Waals surface area contributed by atoms with Gasteiger partial charge in [0, 0.05) is 24.5 Å². The van der Waals surface area contributed by atoms with Crippen molar-refractivity contribution < 1.29 is 4.79 Å². The zero-order valence-electron chi connectivity index (χ0n) is 11.8. The van der Waals surface area contributed by atoms with Crippen LogP contribution in [0.25, 0.3) is 0 Å². The van der Waals surface area contributed by atoms with Gasteiger partial charge < -0.3 is 10.6 Å². The Morgan fingerprint density at radius 1 is 1.11 bits per heavy atom. The smallest absolute Gasteiger partial charge is 0.223 e. The molecule has 0 radical (unpaired) electrons. The number of nitrogens with two attached hydrogens (primary N) is 1. The lowest BCUT2D eigenvalue weighted by Gasteiger charge is -2.62. The predicted molar refractivity (Wildman–Crippen MR) is 74.4 cm³/mol. The van der Waals surface area contributed by atoms with Crippen LogP contribution in [0.5, 0.6) is 0 Å². The zero-order chi connectivity index (χ0) is 13.0. The van der Waals surface area contributed by atoms with Crippen molar-refractivity contribution >= 4 is 5.91 Å². The maximum atomic E-state index is 12.5. The van der Waals surface area contributed by atoms with Gasteiger partial charge in [-0.25, -0.2) is 0 Å². The highest BCUT2D eigenvalue weighted by Gasteiger charge is 2.56. The van der Waals surface area contributed by atoms with Crippen molar-refractivity contribution in [2.24, 2.45) is 23.5 Å². The first-order valence-corrected chi connectivity index (χ1v) is 8.22. The van der Waals surface area contributed by atoms with E-state index in [0.29, 0.717) is 18.5 Å². The molecule has 5 aliphatic rings. The highest BCUT2D eigenvalue weighted by Crippen LogP contribution is 2.58. The highest BCUT2D eigenvalue weighted by molar-refractivity contribution is 5.78. The number of hydrogen-bond donors (Lipinski definition) is 1. The average molecular weight is 262 g/mol. The lowest BCUT2D eigenvalue weighted by Crippen LogP contribution is -2.66. The molecule has 1 aliphatic heterocycles. The Bertz CT molecular complexity index is 357. The lowest BCUT2D eigenvalue weighted by molar-refractivity contribution is -0.160. The van der Waals surface area contributed by atoms with Crippen molar-refractivity contribution in [3.05, 3.63) is 0 Å². The van der Waals surface area contributed by atoms with Crippen LogP contribution < -0.4 is 5.73 Å². The van der Waals surface area contributed by atoms with Crippen LogP contribution in [0.15, 0.2) is 0 Å². The minimum atomic E-state index is 0.219. The molecule has 1 amide bonds. The second-order valence-corrected chi connectivity index (χ2v) is 7.69. The molecule has 19 heavy (non-hydrogen) atoms. The van der Waals surface area contributed by atoms with E-state index >= 15 is 0 Å². The molecule has 5 fully saturated rings. The van der Waals surface area contributed by atoms with E-state index in [1.165, 1.54) is 38.5 Å². The van der Waals surface area contributed by atoms with E-state index in [9.17, 15) is 4.79 Å². The number of piperidine rings is 1. The molecule has 3 nitrogen and oxygen atoms in total. The van der Waals surface area contributed by atoms with Crippen molar-refractivity contribution in [3.8, 4) is 0 Å². The van der Waals surface area contributed by atoms with Crippen LogP contribution in [-0.2, 0) is 4.79 Å². The first kappa shape index (κ1) is 12.2. The fourth-order valence-electron chi connectivity index (χ4n) is 6.18. The normalized spacial score (nSPS) is 48.9. The summed E-state index contributed by atoms with van der Waals surface area (Å²) in [7, 11) is 0. The Kier molecular flexibility index (Phi) is 2.70.